The topological polar surface area (TPSA) is 76.9 Å². The van der Waals surface area contributed by atoms with Crippen molar-refractivity contribution < 1.29 is 4.79 Å². The molecule has 0 aliphatic carbocycles. The van der Waals surface area contributed by atoms with Crippen LogP contribution in [0.1, 0.15) is 10.5 Å². The molecule has 2 heterocycles. The van der Waals surface area contributed by atoms with E-state index >= 15 is 0 Å². The lowest BCUT2D eigenvalue weighted by molar-refractivity contribution is 0.102. The Kier molecular flexibility index (Phi) is 4.53. The van der Waals surface area contributed by atoms with Crippen LogP contribution in [-0.4, -0.2) is 20.7 Å². The van der Waals surface area contributed by atoms with Gasteiger partial charge in [-0.2, -0.15) is 5.10 Å². The second kappa shape index (κ2) is 6.59. The Hall–Kier alpha value is -2.07. The highest BCUT2D eigenvalue weighted by Gasteiger charge is 2.12. The van der Waals surface area contributed by atoms with Crippen LogP contribution in [0.4, 0.5) is 5.13 Å². The Labute approximate surface area is 149 Å². The molecule has 0 aliphatic heterocycles. The number of rotatable bonds is 3. The molecule has 0 fully saturated rings. The molecule has 0 unspecified atom stereocenters. The number of hydrogen-bond acceptors (Lipinski definition) is 5. The van der Waals surface area contributed by atoms with Crippen molar-refractivity contribution in [1.82, 2.24) is 14.8 Å². The normalized spacial score (nSPS) is 10.5. The second-order valence-electron chi connectivity index (χ2n) is 4.68. The molecule has 0 radical (unpaired) electrons. The van der Waals surface area contributed by atoms with Gasteiger partial charge in [0.15, 0.2) is 5.13 Å². The van der Waals surface area contributed by atoms with Crippen molar-refractivity contribution in [3.05, 3.63) is 61.4 Å². The van der Waals surface area contributed by atoms with Gasteiger partial charge in [-0.25, -0.2) is 9.67 Å². The van der Waals surface area contributed by atoms with Crippen LogP contribution in [0.3, 0.4) is 0 Å². The number of anilines is 1. The summed E-state index contributed by atoms with van der Waals surface area (Å²) in [5.41, 5.74) is 1.69. The zero-order chi connectivity index (χ0) is 16.4. The molecule has 6 nitrogen and oxygen atoms in total. The highest BCUT2D eigenvalue weighted by atomic mass is 127. The molecule has 1 amide bonds. The Bertz CT molecular complexity index is 918. The molecular weight excluding hydrogens is 427 g/mol. The van der Waals surface area contributed by atoms with Gasteiger partial charge in [0.2, 0.25) is 0 Å². The van der Waals surface area contributed by atoms with Crippen molar-refractivity contribution in [2.45, 2.75) is 0 Å². The summed E-state index contributed by atoms with van der Waals surface area (Å²) < 4.78 is 2.27. The number of nitrogens with one attached hydrogen (secondary N) is 1. The number of aryl methyl sites for hydroxylation is 1. The van der Waals surface area contributed by atoms with E-state index in [-0.39, 0.29) is 11.3 Å². The first-order valence-electron chi connectivity index (χ1n) is 6.60. The van der Waals surface area contributed by atoms with Crippen molar-refractivity contribution in [1.29, 1.82) is 0 Å². The average Bonchev–Trinajstić information content (AvgIpc) is 2.99. The van der Waals surface area contributed by atoms with Gasteiger partial charge in [0.25, 0.3) is 11.5 Å². The summed E-state index contributed by atoms with van der Waals surface area (Å²) in [7, 11) is 1.50. The van der Waals surface area contributed by atoms with E-state index in [0.717, 1.165) is 19.5 Å². The molecule has 1 N–H and O–H groups in total. The highest BCUT2D eigenvalue weighted by Crippen LogP contribution is 2.25. The molecule has 0 bridgehead atoms. The first-order chi connectivity index (χ1) is 11.0. The second-order valence-corrected chi connectivity index (χ2v) is 6.78. The van der Waals surface area contributed by atoms with Crippen molar-refractivity contribution in [3.63, 3.8) is 0 Å². The van der Waals surface area contributed by atoms with Gasteiger partial charge in [0, 0.05) is 27.6 Å². The fourth-order valence-corrected chi connectivity index (χ4v) is 2.94. The first kappa shape index (κ1) is 15.8. The SMILES string of the molecule is Cn1nc(C(=O)Nc2nc(-c3ccc(I)cc3)cs2)ccc1=O. The van der Waals surface area contributed by atoms with Gasteiger partial charge in [0.1, 0.15) is 5.69 Å². The number of thiazole rings is 1. The summed E-state index contributed by atoms with van der Waals surface area (Å²) in [5.74, 6) is -0.399. The third kappa shape index (κ3) is 3.64. The van der Waals surface area contributed by atoms with Crippen LogP contribution in [0.25, 0.3) is 11.3 Å². The monoisotopic (exact) mass is 438 g/mol. The van der Waals surface area contributed by atoms with Gasteiger partial charge in [0.05, 0.1) is 5.69 Å². The summed E-state index contributed by atoms with van der Waals surface area (Å²) in [6.07, 6.45) is 0. The molecule has 1 aromatic carbocycles. The molecule has 3 rings (SSSR count). The molecule has 23 heavy (non-hydrogen) atoms. The summed E-state index contributed by atoms with van der Waals surface area (Å²) in [6, 6.07) is 10.7. The zero-order valence-electron chi connectivity index (χ0n) is 12.0. The molecule has 0 saturated heterocycles. The first-order valence-corrected chi connectivity index (χ1v) is 8.56. The van der Waals surface area contributed by atoms with Crippen LogP contribution >= 0.6 is 33.9 Å². The van der Waals surface area contributed by atoms with E-state index in [1.54, 1.807) is 0 Å². The lowest BCUT2D eigenvalue weighted by Gasteiger charge is -2.02. The quantitative estimate of drug-likeness (QED) is 0.639. The molecular formula is C15H11IN4O2S. The smallest absolute Gasteiger partial charge is 0.277 e. The lowest BCUT2D eigenvalue weighted by atomic mass is 10.2. The van der Waals surface area contributed by atoms with Crippen LogP contribution in [0.2, 0.25) is 0 Å². The fourth-order valence-electron chi connectivity index (χ4n) is 1.87. The van der Waals surface area contributed by atoms with E-state index in [1.807, 2.05) is 29.6 Å². The minimum absolute atomic E-state index is 0.165. The van der Waals surface area contributed by atoms with Crippen molar-refractivity contribution in [3.8, 4) is 11.3 Å². The van der Waals surface area contributed by atoms with Crippen LogP contribution in [-0.2, 0) is 7.05 Å². The van der Waals surface area contributed by atoms with Gasteiger partial charge in [-0.3, -0.25) is 14.9 Å². The number of aromatic nitrogens is 3. The minimum atomic E-state index is -0.399. The lowest BCUT2D eigenvalue weighted by Crippen LogP contribution is -2.23. The number of hydrogen-bond donors (Lipinski definition) is 1. The molecule has 0 saturated carbocycles. The third-order valence-electron chi connectivity index (χ3n) is 3.06. The summed E-state index contributed by atoms with van der Waals surface area (Å²) in [6.45, 7) is 0. The number of carbonyl (C=O) groups excluding carboxylic acids is 1. The largest absolute Gasteiger partial charge is 0.296 e. The van der Waals surface area contributed by atoms with E-state index in [9.17, 15) is 9.59 Å². The number of amides is 1. The summed E-state index contributed by atoms with van der Waals surface area (Å²) in [4.78, 5) is 27.8. The summed E-state index contributed by atoms with van der Waals surface area (Å²) >= 11 is 3.58. The van der Waals surface area contributed by atoms with E-state index < -0.39 is 5.91 Å². The Morgan fingerprint density at radius 2 is 1.96 bits per heavy atom. The summed E-state index contributed by atoms with van der Waals surface area (Å²) in [5, 5.41) is 8.97. The van der Waals surface area contributed by atoms with Crippen LogP contribution in [0.15, 0.2) is 46.6 Å². The van der Waals surface area contributed by atoms with Crippen LogP contribution in [0, 0.1) is 3.57 Å². The maximum absolute atomic E-state index is 12.1. The third-order valence-corrected chi connectivity index (χ3v) is 4.53. The van der Waals surface area contributed by atoms with Gasteiger partial charge in [-0.05, 0) is 40.8 Å². The van der Waals surface area contributed by atoms with E-state index in [1.165, 1.54) is 30.5 Å². The number of carbonyl (C=O) groups is 1. The molecule has 2 aromatic heterocycles. The standard InChI is InChI=1S/C15H11IN4O2S/c1-20-13(21)7-6-11(19-20)14(22)18-15-17-12(8-23-15)9-2-4-10(16)5-3-9/h2-8H,1H3,(H,17,18,22). The van der Waals surface area contributed by atoms with Gasteiger partial charge < -0.3 is 0 Å². The fraction of sp³-hybridized carbons (Fsp3) is 0.0667. The number of halogens is 1. The van der Waals surface area contributed by atoms with Gasteiger partial charge in [-0.1, -0.05) is 12.1 Å². The van der Waals surface area contributed by atoms with Gasteiger partial charge in [-0.15, -0.1) is 11.3 Å². The Balaban J connectivity index is 1.78. The van der Waals surface area contributed by atoms with E-state index in [0.29, 0.717) is 5.13 Å². The molecule has 0 atom stereocenters. The van der Waals surface area contributed by atoms with Crippen molar-refractivity contribution >= 4 is 45.0 Å². The van der Waals surface area contributed by atoms with Crippen molar-refractivity contribution in [2.75, 3.05) is 5.32 Å². The Morgan fingerprint density at radius 3 is 2.65 bits per heavy atom. The molecule has 116 valence electrons. The van der Waals surface area contributed by atoms with Crippen molar-refractivity contribution in [2.24, 2.45) is 7.05 Å². The molecule has 0 aliphatic rings. The molecule has 3 aromatic rings. The Morgan fingerprint density at radius 1 is 1.22 bits per heavy atom. The highest BCUT2D eigenvalue weighted by molar-refractivity contribution is 14.1. The number of nitrogens with zero attached hydrogens (tertiary/aromatic N) is 3. The average molecular weight is 438 g/mol. The van der Waals surface area contributed by atoms with Gasteiger partial charge >= 0.3 is 0 Å². The zero-order valence-corrected chi connectivity index (χ0v) is 15.0. The minimum Gasteiger partial charge on any atom is -0.296 e. The van der Waals surface area contributed by atoms with Crippen LogP contribution < -0.4 is 10.9 Å². The van der Waals surface area contributed by atoms with E-state index in [4.69, 9.17) is 0 Å². The maximum Gasteiger partial charge on any atom is 0.277 e. The molecule has 8 heteroatoms. The predicted molar refractivity (Wildman–Crippen MR) is 97.7 cm³/mol. The molecule has 0 spiro atoms. The maximum atomic E-state index is 12.1. The van der Waals surface area contributed by atoms with Crippen LogP contribution in [0.5, 0.6) is 0 Å². The number of benzene rings is 1. The predicted octanol–water partition coefficient (Wildman–Crippen LogP) is 2.76. The van der Waals surface area contributed by atoms with E-state index in [2.05, 4.69) is 38.0 Å².